The molecule has 0 aliphatic rings. The van der Waals surface area contributed by atoms with Gasteiger partial charge in [0.1, 0.15) is 11.9 Å². The zero-order chi connectivity index (χ0) is 21.1. The van der Waals surface area contributed by atoms with Crippen LogP contribution in [0, 0.1) is 5.82 Å². The quantitative estimate of drug-likeness (QED) is 0.567. The normalized spacial score (nSPS) is 11.7. The zero-order valence-electron chi connectivity index (χ0n) is 17.4. The Morgan fingerprint density at radius 3 is 2.34 bits per heavy atom. The van der Waals surface area contributed by atoms with E-state index in [-0.39, 0.29) is 24.2 Å². The van der Waals surface area contributed by atoms with Crippen LogP contribution in [0.25, 0.3) is 0 Å². The van der Waals surface area contributed by atoms with Crippen molar-refractivity contribution in [2.24, 2.45) is 0 Å². The molecule has 29 heavy (non-hydrogen) atoms. The molecule has 2 aromatic rings. The molecule has 0 fully saturated rings. The Kier molecular flexibility index (Phi) is 9.35. The fourth-order valence-electron chi connectivity index (χ4n) is 3.14. The highest BCUT2D eigenvalue weighted by molar-refractivity contribution is 5.87. The fourth-order valence-corrected chi connectivity index (χ4v) is 3.14. The van der Waals surface area contributed by atoms with Gasteiger partial charge in [0.2, 0.25) is 11.8 Å². The van der Waals surface area contributed by atoms with Crippen molar-refractivity contribution in [1.29, 1.82) is 0 Å². The average molecular weight is 399 g/mol. The van der Waals surface area contributed by atoms with Crippen LogP contribution in [0.4, 0.5) is 4.39 Å². The van der Waals surface area contributed by atoms with Crippen LogP contribution in [0.1, 0.15) is 50.7 Å². The van der Waals surface area contributed by atoms with Crippen molar-refractivity contribution in [2.45, 2.75) is 58.5 Å². The third kappa shape index (κ3) is 7.68. The highest BCUT2D eigenvalue weighted by Crippen LogP contribution is 2.14. The van der Waals surface area contributed by atoms with Gasteiger partial charge in [0.25, 0.3) is 0 Å². The topological polar surface area (TPSA) is 49.4 Å². The Morgan fingerprint density at radius 2 is 1.69 bits per heavy atom. The van der Waals surface area contributed by atoms with E-state index in [0.29, 0.717) is 19.4 Å². The summed E-state index contributed by atoms with van der Waals surface area (Å²) in [6.45, 7) is 4.75. The molecule has 2 amide bonds. The molecule has 0 heterocycles. The summed E-state index contributed by atoms with van der Waals surface area (Å²) in [4.78, 5) is 27.2. The van der Waals surface area contributed by atoms with E-state index in [1.54, 1.807) is 24.0 Å². The first-order chi connectivity index (χ1) is 14.0. The fraction of sp³-hybridized carbons (Fsp3) is 0.417. The lowest BCUT2D eigenvalue weighted by Crippen LogP contribution is -2.47. The van der Waals surface area contributed by atoms with E-state index in [9.17, 15) is 14.0 Å². The summed E-state index contributed by atoms with van der Waals surface area (Å²) in [5.74, 6) is -0.567. The number of nitrogens with zero attached hydrogens (tertiary/aromatic N) is 1. The van der Waals surface area contributed by atoms with E-state index in [1.807, 2.05) is 30.3 Å². The Balaban J connectivity index is 2.05. The Hall–Kier alpha value is -2.69. The smallest absolute Gasteiger partial charge is 0.242 e. The van der Waals surface area contributed by atoms with Crippen molar-refractivity contribution >= 4 is 11.8 Å². The van der Waals surface area contributed by atoms with Gasteiger partial charge in [-0.05, 0) is 43.0 Å². The number of hydrogen-bond acceptors (Lipinski definition) is 2. The average Bonchev–Trinajstić information content (AvgIpc) is 2.74. The Bertz CT molecular complexity index is 762. The van der Waals surface area contributed by atoms with Crippen LogP contribution in [0.2, 0.25) is 0 Å². The second-order valence-electron chi connectivity index (χ2n) is 7.31. The number of rotatable bonds is 11. The number of carbonyl (C=O) groups is 2. The third-order valence-corrected chi connectivity index (χ3v) is 4.98. The summed E-state index contributed by atoms with van der Waals surface area (Å²) in [5, 5.41) is 2.93. The van der Waals surface area contributed by atoms with Gasteiger partial charge in [-0.3, -0.25) is 9.59 Å². The highest BCUT2D eigenvalue weighted by atomic mass is 19.1. The molecule has 0 saturated carbocycles. The van der Waals surface area contributed by atoms with Crippen molar-refractivity contribution in [3.63, 3.8) is 0 Å². The lowest BCUT2D eigenvalue weighted by Gasteiger charge is -2.29. The van der Waals surface area contributed by atoms with Crippen LogP contribution in [-0.4, -0.2) is 29.3 Å². The SMILES string of the molecule is CCCCCNC(=O)[C@H](C)N(Cc1ccc(F)cc1)C(=O)CCc1ccccc1. The van der Waals surface area contributed by atoms with Gasteiger partial charge in [-0.2, -0.15) is 0 Å². The van der Waals surface area contributed by atoms with Crippen molar-refractivity contribution < 1.29 is 14.0 Å². The van der Waals surface area contributed by atoms with Gasteiger partial charge in [-0.15, -0.1) is 0 Å². The van der Waals surface area contributed by atoms with Crippen molar-refractivity contribution in [2.75, 3.05) is 6.54 Å². The van der Waals surface area contributed by atoms with Crippen LogP contribution < -0.4 is 5.32 Å². The summed E-state index contributed by atoms with van der Waals surface area (Å²) >= 11 is 0. The highest BCUT2D eigenvalue weighted by Gasteiger charge is 2.25. The van der Waals surface area contributed by atoms with Crippen LogP contribution >= 0.6 is 0 Å². The number of aryl methyl sites for hydroxylation is 1. The predicted molar refractivity (Wildman–Crippen MR) is 114 cm³/mol. The van der Waals surface area contributed by atoms with Crippen LogP contribution in [0.15, 0.2) is 54.6 Å². The molecule has 2 aromatic carbocycles. The van der Waals surface area contributed by atoms with Crippen LogP contribution in [-0.2, 0) is 22.6 Å². The first-order valence-electron chi connectivity index (χ1n) is 10.4. The number of halogens is 1. The van der Waals surface area contributed by atoms with E-state index >= 15 is 0 Å². The second kappa shape index (κ2) is 12.0. The van der Waals surface area contributed by atoms with Crippen molar-refractivity contribution in [3.8, 4) is 0 Å². The lowest BCUT2D eigenvalue weighted by atomic mass is 10.1. The van der Waals surface area contributed by atoms with E-state index in [2.05, 4.69) is 12.2 Å². The van der Waals surface area contributed by atoms with Gasteiger partial charge in [0.05, 0.1) is 0 Å². The maximum absolute atomic E-state index is 13.2. The number of nitrogens with one attached hydrogen (secondary N) is 1. The lowest BCUT2D eigenvalue weighted by molar-refractivity contribution is -0.140. The van der Waals surface area contributed by atoms with Crippen LogP contribution in [0.5, 0.6) is 0 Å². The van der Waals surface area contributed by atoms with Gasteiger partial charge < -0.3 is 10.2 Å². The van der Waals surface area contributed by atoms with Gasteiger partial charge in [-0.1, -0.05) is 62.2 Å². The number of benzene rings is 2. The van der Waals surface area contributed by atoms with Gasteiger partial charge in [0.15, 0.2) is 0 Å². The van der Waals surface area contributed by atoms with Crippen molar-refractivity contribution in [3.05, 3.63) is 71.5 Å². The predicted octanol–water partition coefficient (Wildman–Crippen LogP) is 4.48. The summed E-state index contributed by atoms with van der Waals surface area (Å²) in [5.41, 5.74) is 1.88. The maximum atomic E-state index is 13.2. The van der Waals surface area contributed by atoms with E-state index in [4.69, 9.17) is 0 Å². The minimum atomic E-state index is -0.593. The first kappa shape index (κ1) is 22.6. The molecule has 0 aliphatic heterocycles. The molecule has 0 aromatic heterocycles. The minimum Gasteiger partial charge on any atom is -0.354 e. The van der Waals surface area contributed by atoms with Gasteiger partial charge in [0, 0.05) is 19.5 Å². The molecule has 0 spiro atoms. The largest absolute Gasteiger partial charge is 0.354 e. The standard InChI is InChI=1S/C24H31FN2O2/c1-3-4-8-17-26-24(29)19(2)27(18-21-11-14-22(25)15-12-21)23(28)16-13-20-9-6-5-7-10-20/h5-7,9-12,14-15,19H,3-4,8,13,16-18H2,1-2H3,(H,26,29)/t19-/m0/s1. The maximum Gasteiger partial charge on any atom is 0.242 e. The number of amides is 2. The summed E-state index contributed by atoms with van der Waals surface area (Å²) in [6, 6.07) is 15.3. The Labute approximate surface area is 173 Å². The Morgan fingerprint density at radius 1 is 1.00 bits per heavy atom. The molecule has 2 rings (SSSR count). The monoisotopic (exact) mass is 398 g/mol. The van der Waals surface area contributed by atoms with Gasteiger partial charge in [-0.25, -0.2) is 4.39 Å². The van der Waals surface area contributed by atoms with Gasteiger partial charge >= 0.3 is 0 Å². The summed E-state index contributed by atoms with van der Waals surface area (Å²) < 4.78 is 13.2. The molecule has 0 saturated heterocycles. The first-order valence-corrected chi connectivity index (χ1v) is 10.4. The van der Waals surface area contributed by atoms with E-state index < -0.39 is 6.04 Å². The summed E-state index contributed by atoms with van der Waals surface area (Å²) in [6.07, 6.45) is 4.00. The second-order valence-corrected chi connectivity index (χ2v) is 7.31. The molecular weight excluding hydrogens is 367 g/mol. The molecule has 0 bridgehead atoms. The number of carbonyl (C=O) groups excluding carboxylic acids is 2. The van der Waals surface area contributed by atoms with Crippen LogP contribution in [0.3, 0.4) is 0 Å². The van der Waals surface area contributed by atoms with E-state index in [1.165, 1.54) is 12.1 Å². The molecule has 5 heteroatoms. The molecule has 1 N–H and O–H groups in total. The molecule has 1 atom stereocenters. The molecule has 0 unspecified atom stereocenters. The molecule has 0 radical (unpaired) electrons. The van der Waals surface area contributed by atoms with E-state index in [0.717, 1.165) is 30.4 Å². The number of unbranched alkanes of at least 4 members (excludes halogenated alkanes) is 2. The number of hydrogen-bond donors (Lipinski definition) is 1. The zero-order valence-corrected chi connectivity index (χ0v) is 17.4. The molecule has 4 nitrogen and oxygen atoms in total. The summed E-state index contributed by atoms with van der Waals surface area (Å²) in [7, 11) is 0. The minimum absolute atomic E-state index is 0.0885. The molecule has 0 aliphatic carbocycles. The molecular formula is C24H31FN2O2. The molecule has 156 valence electrons. The van der Waals surface area contributed by atoms with Crippen molar-refractivity contribution in [1.82, 2.24) is 10.2 Å². The third-order valence-electron chi connectivity index (χ3n) is 4.98.